The van der Waals surface area contributed by atoms with Gasteiger partial charge in [0.25, 0.3) is 0 Å². The van der Waals surface area contributed by atoms with Gasteiger partial charge in [-0.3, -0.25) is 14.4 Å². The van der Waals surface area contributed by atoms with E-state index in [0.29, 0.717) is 19.3 Å². The third kappa shape index (κ3) is 66.2. The van der Waals surface area contributed by atoms with Gasteiger partial charge in [-0.15, -0.1) is 0 Å². The molecule has 0 aliphatic heterocycles. The molecule has 0 aromatic heterocycles. The number of hydrogen-bond donors (Lipinski definition) is 0. The quantitative estimate of drug-likeness (QED) is 0.0261. The van der Waals surface area contributed by atoms with Gasteiger partial charge in [-0.25, -0.2) is 0 Å². The van der Waals surface area contributed by atoms with Gasteiger partial charge >= 0.3 is 17.9 Å². The van der Waals surface area contributed by atoms with Gasteiger partial charge in [-0.2, -0.15) is 0 Å². The fourth-order valence-electron chi connectivity index (χ4n) is 9.07. The van der Waals surface area contributed by atoms with Gasteiger partial charge in [0.15, 0.2) is 6.10 Å². The highest BCUT2D eigenvalue weighted by Crippen LogP contribution is 2.15. The van der Waals surface area contributed by atoms with Crippen molar-refractivity contribution in [2.24, 2.45) is 0 Å². The largest absolute Gasteiger partial charge is 0.462 e. The zero-order valence-electron chi connectivity index (χ0n) is 52.8. The fourth-order valence-corrected chi connectivity index (χ4v) is 9.07. The number of rotatable bonds is 60. The van der Waals surface area contributed by atoms with Crippen molar-refractivity contribution in [3.05, 3.63) is 134 Å². The third-order valence-electron chi connectivity index (χ3n) is 14.1. The van der Waals surface area contributed by atoms with Crippen LogP contribution in [0.15, 0.2) is 134 Å². The lowest BCUT2D eigenvalue weighted by molar-refractivity contribution is -0.167. The molecule has 0 aliphatic rings. The number of carbonyl (C=O) groups excluding carboxylic acids is 3. The lowest BCUT2D eigenvalue weighted by Crippen LogP contribution is -2.30. The number of carbonyl (C=O) groups is 3. The van der Waals surface area contributed by atoms with Gasteiger partial charge < -0.3 is 14.2 Å². The van der Waals surface area contributed by atoms with E-state index in [-0.39, 0.29) is 37.5 Å². The van der Waals surface area contributed by atoms with Crippen LogP contribution in [0.2, 0.25) is 0 Å². The molecule has 0 aromatic rings. The van der Waals surface area contributed by atoms with Crippen molar-refractivity contribution in [2.45, 2.75) is 309 Å². The van der Waals surface area contributed by atoms with E-state index in [9.17, 15) is 14.4 Å². The molecule has 0 bridgehead atoms. The first kappa shape index (κ1) is 76.5. The summed E-state index contributed by atoms with van der Waals surface area (Å²) in [5.41, 5.74) is 0. The first-order chi connectivity index (χ1) is 40.0. The molecule has 460 valence electrons. The molecule has 0 N–H and O–H groups in total. The average molecular weight is 1120 g/mol. The number of ether oxygens (including phenoxy) is 3. The second kappa shape index (κ2) is 68.1. The number of unbranched alkanes of at least 4 members (excludes halogenated alkanes) is 27. The average Bonchev–Trinajstić information content (AvgIpc) is 3.47. The Labute approximate surface area is 500 Å². The first-order valence-electron chi connectivity index (χ1n) is 33.7. The Morgan fingerprint density at radius 2 is 0.481 bits per heavy atom. The second-order valence-electron chi connectivity index (χ2n) is 22.0. The molecule has 6 heteroatoms. The summed E-state index contributed by atoms with van der Waals surface area (Å²) in [7, 11) is 0. The molecule has 0 amide bonds. The molecule has 0 saturated heterocycles. The summed E-state index contributed by atoms with van der Waals surface area (Å²) in [4.78, 5) is 38.4. The van der Waals surface area contributed by atoms with Crippen LogP contribution < -0.4 is 0 Å². The van der Waals surface area contributed by atoms with Crippen LogP contribution in [0.1, 0.15) is 303 Å². The van der Waals surface area contributed by atoms with Gasteiger partial charge in [-0.05, 0) is 141 Å². The Morgan fingerprint density at radius 3 is 0.802 bits per heavy atom. The summed E-state index contributed by atoms with van der Waals surface area (Å²) in [5.74, 6) is -0.954. The highest BCUT2D eigenvalue weighted by Gasteiger charge is 2.19. The van der Waals surface area contributed by atoms with Crippen LogP contribution in [-0.2, 0) is 28.6 Å². The Hall–Kier alpha value is -4.45. The molecule has 81 heavy (non-hydrogen) atoms. The van der Waals surface area contributed by atoms with Crippen LogP contribution in [0.4, 0.5) is 0 Å². The smallest absolute Gasteiger partial charge is 0.306 e. The summed E-state index contributed by atoms with van der Waals surface area (Å²) in [6.45, 7) is 6.46. The zero-order valence-corrected chi connectivity index (χ0v) is 52.8. The molecular weight excluding hydrogens is 997 g/mol. The van der Waals surface area contributed by atoms with Crippen LogP contribution in [-0.4, -0.2) is 37.2 Å². The van der Waals surface area contributed by atoms with E-state index < -0.39 is 6.10 Å². The molecule has 0 saturated carbocycles. The van der Waals surface area contributed by atoms with E-state index >= 15 is 0 Å². The number of esters is 3. The van der Waals surface area contributed by atoms with Gasteiger partial charge in [0.1, 0.15) is 13.2 Å². The molecule has 1 atom stereocenters. The fraction of sp³-hybridized carbons (Fsp3) is 0.667. The highest BCUT2D eigenvalue weighted by molar-refractivity contribution is 5.71. The van der Waals surface area contributed by atoms with Crippen LogP contribution in [0, 0.1) is 0 Å². The maximum atomic E-state index is 12.9. The molecule has 1 unspecified atom stereocenters. The van der Waals surface area contributed by atoms with Crippen LogP contribution in [0.3, 0.4) is 0 Å². The summed E-state index contributed by atoms with van der Waals surface area (Å²) in [5, 5.41) is 0. The van der Waals surface area contributed by atoms with Crippen molar-refractivity contribution < 1.29 is 28.6 Å². The Morgan fingerprint density at radius 1 is 0.259 bits per heavy atom. The van der Waals surface area contributed by atoms with Crippen molar-refractivity contribution in [2.75, 3.05) is 13.2 Å². The van der Waals surface area contributed by atoms with Gasteiger partial charge in [0, 0.05) is 19.3 Å². The molecule has 0 aromatic carbocycles. The highest BCUT2D eigenvalue weighted by atomic mass is 16.6. The van der Waals surface area contributed by atoms with Crippen molar-refractivity contribution in [1.82, 2.24) is 0 Å². The monoisotopic (exact) mass is 1120 g/mol. The molecule has 0 radical (unpaired) electrons. The molecule has 0 aliphatic carbocycles. The summed E-state index contributed by atoms with van der Waals surface area (Å²) < 4.78 is 16.9. The topological polar surface area (TPSA) is 78.9 Å². The van der Waals surface area contributed by atoms with Crippen molar-refractivity contribution in [1.29, 1.82) is 0 Å². The predicted molar refractivity (Wildman–Crippen MR) is 353 cm³/mol. The van der Waals surface area contributed by atoms with Crippen molar-refractivity contribution in [3.63, 3.8) is 0 Å². The SMILES string of the molecule is CC/C=C\C/C=C\C/C=C\C/C=C\C/C=C\C/C=C\CCCCC(=O)OC(COC(=O)CCCCCCCCCC/C=C\C/C=C\C/C=C\CCCCCCC)COC(=O)CCCCCCCCCCC/C=C\C/C=C\CCCCC. The Balaban J connectivity index is 4.50. The molecule has 0 spiro atoms. The third-order valence-corrected chi connectivity index (χ3v) is 14.1. The predicted octanol–water partition coefficient (Wildman–Crippen LogP) is 23.3. The van der Waals surface area contributed by atoms with Crippen LogP contribution in [0.5, 0.6) is 0 Å². The molecule has 0 fully saturated rings. The summed E-state index contributed by atoms with van der Waals surface area (Å²) in [6, 6.07) is 0. The lowest BCUT2D eigenvalue weighted by atomic mass is 10.1. The normalized spacial score (nSPS) is 13.0. The second-order valence-corrected chi connectivity index (χ2v) is 22.0. The van der Waals surface area contributed by atoms with E-state index in [0.717, 1.165) is 116 Å². The van der Waals surface area contributed by atoms with Crippen molar-refractivity contribution >= 4 is 17.9 Å². The van der Waals surface area contributed by atoms with E-state index in [1.165, 1.54) is 141 Å². The van der Waals surface area contributed by atoms with Gasteiger partial charge in [-0.1, -0.05) is 276 Å². The lowest BCUT2D eigenvalue weighted by Gasteiger charge is -2.18. The summed E-state index contributed by atoms with van der Waals surface area (Å²) in [6.07, 6.45) is 96.0. The minimum Gasteiger partial charge on any atom is -0.462 e. The maximum Gasteiger partial charge on any atom is 0.306 e. The molecule has 0 heterocycles. The summed E-state index contributed by atoms with van der Waals surface area (Å²) >= 11 is 0. The van der Waals surface area contributed by atoms with Crippen LogP contribution >= 0.6 is 0 Å². The van der Waals surface area contributed by atoms with E-state index in [1.807, 2.05) is 0 Å². The molecular formula is C75H124O6. The maximum absolute atomic E-state index is 12.9. The van der Waals surface area contributed by atoms with Crippen molar-refractivity contribution in [3.8, 4) is 0 Å². The van der Waals surface area contributed by atoms with E-state index in [2.05, 4.69) is 154 Å². The Bertz CT molecular complexity index is 1720. The number of hydrogen-bond acceptors (Lipinski definition) is 6. The first-order valence-corrected chi connectivity index (χ1v) is 33.7. The van der Waals surface area contributed by atoms with Gasteiger partial charge in [0.2, 0.25) is 0 Å². The Kier molecular flexibility index (Phi) is 64.3. The van der Waals surface area contributed by atoms with Gasteiger partial charge in [0.05, 0.1) is 0 Å². The molecule has 6 nitrogen and oxygen atoms in total. The minimum absolute atomic E-state index is 0.104. The van der Waals surface area contributed by atoms with Crippen LogP contribution in [0.25, 0.3) is 0 Å². The van der Waals surface area contributed by atoms with E-state index in [4.69, 9.17) is 14.2 Å². The minimum atomic E-state index is -0.814. The standard InChI is InChI=1S/C75H124O6/c1-4-7-10-13-16-19-22-25-28-31-34-36-37-39-41-44-47-50-53-56-59-62-65-68-74(77)80-71-72(70-79-73(76)67-64-61-58-55-52-49-46-43-40-33-30-27-24-21-18-15-12-9-6-3)81-75(78)69-66-63-60-57-54-51-48-45-42-38-35-32-29-26-23-20-17-14-11-8-5-2/h8,11,17-18,20-22,25-27,29-31,34-35,37-39,45,48,54,57,72H,4-7,9-10,12-16,19,23-24,28,32-33,36,40-44,46-47,49-53,55-56,58-71H2,1-3H3/b11-8-,20-17-,21-18-,25-22-,29-26-,30-27-,34-31-,38-35-,39-37-,48-45-,57-54-. The zero-order chi connectivity index (χ0) is 58.5. The molecule has 0 rings (SSSR count). The number of allylic oxidation sites excluding steroid dienone is 22. The van der Waals surface area contributed by atoms with E-state index in [1.54, 1.807) is 0 Å².